The topological polar surface area (TPSA) is 69.3 Å². The summed E-state index contributed by atoms with van der Waals surface area (Å²) in [5.41, 5.74) is 4.45. The summed E-state index contributed by atoms with van der Waals surface area (Å²) in [7, 11) is 3.25. The molecule has 9 heteroatoms. The maximum absolute atomic E-state index is 12.0. The third-order valence-electron chi connectivity index (χ3n) is 6.55. The molecule has 38 heavy (non-hydrogen) atoms. The lowest BCUT2D eigenvalue weighted by Gasteiger charge is -2.39. The fourth-order valence-electron chi connectivity index (χ4n) is 4.46. The van der Waals surface area contributed by atoms with E-state index in [4.69, 9.17) is 42.8 Å². The minimum atomic E-state index is -0.361. The molecular formula is C29H31ClN2O5S. The highest BCUT2D eigenvalue weighted by Gasteiger charge is 2.31. The van der Waals surface area contributed by atoms with Gasteiger partial charge in [0.25, 0.3) is 0 Å². The zero-order valence-corrected chi connectivity index (χ0v) is 23.4. The first-order chi connectivity index (χ1) is 18.4. The van der Waals surface area contributed by atoms with Crippen LogP contribution in [0.1, 0.15) is 40.0 Å². The largest absolute Gasteiger partial charge is 0.493 e. The van der Waals surface area contributed by atoms with E-state index in [1.54, 1.807) is 45.4 Å². The number of hydrogen-bond acceptors (Lipinski definition) is 6. The van der Waals surface area contributed by atoms with Gasteiger partial charge in [0, 0.05) is 17.3 Å². The number of nitrogens with one attached hydrogen (secondary N) is 1. The van der Waals surface area contributed by atoms with Gasteiger partial charge in [-0.2, -0.15) is 0 Å². The Morgan fingerprint density at radius 3 is 2.50 bits per heavy atom. The number of halogens is 1. The van der Waals surface area contributed by atoms with Crippen molar-refractivity contribution in [1.29, 1.82) is 0 Å². The molecule has 1 aliphatic heterocycles. The van der Waals surface area contributed by atoms with Gasteiger partial charge in [-0.1, -0.05) is 17.7 Å². The fraction of sp³-hybridized carbons (Fsp3) is 0.310. The number of rotatable bonds is 8. The van der Waals surface area contributed by atoms with Crippen LogP contribution in [0.4, 0.5) is 5.69 Å². The van der Waals surface area contributed by atoms with Crippen molar-refractivity contribution in [1.82, 2.24) is 4.90 Å². The van der Waals surface area contributed by atoms with E-state index in [0.29, 0.717) is 52.7 Å². The van der Waals surface area contributed by atoms with Gasteiger partial charge in [0.15, 0.2) is 16.6 Å². The molecule has 7 nitrogen and oxygen atoms in total. The average Bonchev–Trinajstić information content (AvgIpc) is 2.93. The molecule has 3 aromatic carbocycles. The normalized spacial score (nSPS) is 14.3. The molecule has 0 spiro atoms. The number of anilines is 1. The molecule has 3 aromatic rings. The Bertz CT molecular complexity index is 1320. The van der Waals surface area contributed by atoms with Gasteiger partial charge < -0.3 is 29.2 Å². The summed E-state index contributed by atoms with van der Waals surface area (Å²) in [4.78, 5) is 14.1. The van der Waals surface area contributed by atoms with E-state index in [1.807, 2.05) is 37.3 Å². The number of fused-ring (bicyclic) bond motifs is 1. The van der Waals surface area contributed by atoms with Gasteiger partial charge >= 0.3 is 5.97 Å². The lowest BCUT2D eigenvalue weighted by molar-refractivity contribution is 0.0526. The van der Waals surface area contributed by atoms with Crippen LogP contribution in [0.2, 0.25) is 5.02 Å². The Morgan fingerprint density at radius 1 is 1.11 bits per heavy atom. The van der Waals surface area contributed by atoms with E-state index in [0.717, 1.165) is 28.8 Å². The predicted molar refractivity (Wildman–Crippen MR) is 153 cm³/mol. The molecule has 0 amide bonds. The van der Waals surface area contributed by atoms with Crippen LogP contribution in [0.3, 0.4) is 0 Å². The van der Waals surface area contributed by atoms with Gasteiger partial charge in [0.2, 0.25) is 0 Å². The van der Waals surface area contributed by atoms with Crippen LogP contribution in [0.5, 0.6) is 17.2 Å². The van der Waals surface area contributed by atoms with E-state index >= 15 is 0 Å². The number of carbonyl (C=O) groups excluding carboxylic acids is 1. The van der Waals surface area contributed by atoms with Crippen molar-refractivity contribution in [3.63, 3.8) is 0 Å². The zero-order chi connectivity index (χ0) is 27.2. The monoisotopic (exact) mass is 554 g/mol. The third-order valence-corrected chi connectivity index (χ3v) is 7.29. The molecular weight excluding hydrogens is 524 g/mol. The van der Waals surface area contributed by atoms with E-state index in [2.05, 4.69) is 10.2 Å². The Labute approximate surface area is 233 Å². The van der Waals surface area contributed by atoms with Crippen LogP contribution in [0.25, 0.3) is 0 Å². The number of esters is 1. The summed E-state index contributed by atoms with van der Waals surface area (Å²) in [5.74, 6) is 1.60. The molecule has 0 fully saturated rings. The number of hydrogen-bond donors (Lipinski definition) is 1. The Balaban J connectivity index is 1.62. The van der Waals surface area contributed by atoms with Crippen molar-refractivity contribution in [2.24, 2.45) is 0 Å². The molecule has 0 unspecified atom stereocenters. The van der Waals surface area contributed by atoms with Gasteiger partial charge in [-0.25, -0.2) is 4.79 Å². The fourth-order valence-corrected chi connectivity index (χ4v) is 4.96. The van der Waals surface area contributed by atoms with Crippen LogP contribution in [-0.2, 0) is 11.2 Å². The lowest BCUT2D eigenvalue weighted by Crippen LogP contribution is -2.44. The average molecular weight is 555 g/mol. The van der Waals surface area contributed by atoms with E-state index in [1.165, 1.54) is 0 Å². The zero-order valence-electron chi connectivity index (χ0n) is 21.9. The number of nitrogens with zero attached hydrogens (tertiary/aromatic N) is 1. The maximum atomic E-state index is 12.0. The summed E-state index contributed by atoms with van der Waals surface area (Å²) in [6.45, 7) is 5.06. The number of carbonyl (C=O) groups is 1. The number of thiocarbonyl (C=S) groups is 1. The summed E-state index contributed by atoms with van der Waals surface area (Å²) in [6, 6.07) is 16.4. The Kier molecular flexibility index (Phi) is 8.97. The minimum Gasteiger partial charge on any atom is -0.493 e. The Morgan fingerprint density at radius 2 is 1.82 bits per heavy atom. The molecule has 1 aliphatic rings. The summed E-state index contributed by atoms with van der Waals surface area (Å²) in [5, 5.41) is 4.62. The quantitative estimate of drug-likeness (QED) is 0.260. The van der Waals surface area contributed by atoms with Crippen molar-refractivity contribution in [2.75, 3.05) is 39.3 Å². The second-order valence-electron chi connectivity index (χ2n) is 8.76. The van der Waals surface area contributed by atoms with Crippen LogP contribution in [-0.4, -0.2) is 50.0 Å². The second-order valence-corrected chi connectivity index (χ2v) is 9.56. The second kappa shape index (κ2) is 12.4. The first-order valence-electron chi connectivity index (χ1n) is 12.3. The van der Waals surface area contributed by atoms with Crippen LogP contribution in [0, 0.1) is 6.92 Å². The highest BCUT2D eigenvalue weighted by molar-refractivity contribution is 7.80. The van der Waals surface area contributed by atoms with Crippen molar-refractivity contribution in [3.05, 3.63) is 81.9 Å². The van der Waals surface area contributed by atoms with Gasteiger partial charge in [0.05, 0.1) is 32.4 Å². The lowest BCUT2D eigenvalue weighted by atomic mass is 9.92. The maximum Gasteiger partial charge on any atom is 0.338 e. The molecule has 0 saturated heterocycles. The highest BCUT2D eigenvalue weighted by atomic mass is 35.5. The first-order valence-corrected chi connectivity index (χ1v) is 13.1. The number of benzene rings is 3. The number of methoxy groups -OCH3 is 2. The number of ether oxygens (including phenoxy) is 4. The predicted octanol–water partition coefficient (Wildman–Crippen LogP) is 6.22. The van der Waals surface area contributed by atoms with Crippen LogP contribution in [0.15, 0.2) is 54.6 Å². The third kappa shape index (κ3) is 5.97. The van der Waals surface area contributed by atoms with Crippen molar-refractivity contribution in [3.8, 4) is 17.2 Å². The van der Waals surface area contributed by atoms with Crippen LogP contribution < -0.4 is 19.5 Å². The molecule has 1 heterocycles. The highest BCUT2D eigenvalue weighted by Crippen LogP contribution is 2.39. The molecule has 4 rings (SSSR count). The minimum absolute atomic E-state index is 0.206. The van der Waals surface area contributed by atoms with E-state index < -0.39 is 0 Å². The molecule has 0 radical (unpaired) electrons. The molecule has 200 valence electrons. The van der Waals surface area contributed by atoms with E-state index in [-0.39, 0.29) is 12.0 Å². The summed E-state index contributed by atoms with van der Waals surface area (Å²) in [6.07, 6.45) is 0.775. The summed E-state index contributed by atoms with van der Waals surface area (Å²) >= 11 is 12.2. The molecule has 0 aromatic heterocycles. The molecule has 1 N–H and O–H groups in total. The molecule has 1 atom stereocenters. The van der Waals surface area contributed by atoms with Gasteiger partial charge in [-0.05, 0) is 97.7 Å². The SMILES string of the molecule is CCOC(=O)c1ccc(OC[C@@H]2c3cc(OC)c(OC)cc3CCN2C(=S)Nc2cccc(Cl)c2C)cc1. The summed E-state index contributed by atoms with van der Waals surface area (Å²) < 4.78 is 22.4. The smallest absolute Gasteiger partial charge is 0.338 e. The van der Waals surface area contributed by atoms with Crippen molar-refractivity contribution >= 4 is 40.6 Å². The van der Waals surface area contributed by atoms with Crippen molar-refractivity contribution < 1.29 is 23.7 Å². The van der Waals surface area contributed by atoms with Crippen molar-refractivity contribution in [2.45, 2.75) is 26.3 Å². The molecule has 0 aliphatic carbocycles. The molecule has 0 saturated carbocycles. The standard InChI is InChI=1S/C29H31ClN2O5S/c1-5-36-28(33)19-9-11-21(12-10-19)37-17-25-22-16-27(35-4)26(34-3)15-20(22)13-14-32(25)29(38)31-24-8-6-7-23(30)18(24)2/h6-12,15-16,25H,5,13-14,17H2,1-4H3,(H,31,38)/t25-/m1/s1. The van der Waals surface area contributed by atoms with Gasteiger partial charge in [-0.3, -0.25) is 0 Å². The van der Waals surface area contributed by atoms with Gasteiger partial charge in [0.1, 0.15) is 12.4 Å². The first kappa shape index (κ1) is 27.5. The Hall–Kier alpha value is -3.49. The molecule has 0 bridgehead atoms. The van der Waals surface area contributed by atoms with Gasteiger partial charge in [-0.15, -0.1) is 0 Å². The van der Waals surface area contributed by atoms with Crippen LogP contribution >= 0.6 is 23.8 Å². The van der Waals surface area contributed by atoms with E-state index in [9.17, 15) is 4.79 Å².